The summed E-state index contributed by atoms with van der Waals surface area (Å²) in [4.78, 5) is 25.1. The van der Waals surface area contributed by atoms with Crippen molar-refractivity contribution in [2.24, 2.45) is 5.92 Å². The molecule has 1 aliphatic carbocycles. The average molecular weight is 402 g/mol. The second-order valence-electron chi connectivity index (χ2n) is 7.75. The summed E-state index contributed by atoms with van der Waals surface area (Å²) in [6, 6.07) is 15.6. The number of anilines is 2. The van der Waals surface area contributed by atoms with Gasteiger partial charge in [-0.05, 0) is 49.4 Å². The molecule has 1 saturated carbocycles. The van der Waals surface area contributed by atoms with E-state index in [2.05, 4.69) is 15.7 Å². The molecule has 0 bridgehead atoms. The molecule has 1 aromatic heterocycles. The first-order chi connectivity index (χ1) is 14.5. The van der Waals surface area contributed by atoms with Crippen LogP contribution in [0.3, 0.4) is 0 Å². The largest absolute Gasteiger partial charge is 0.326 e. The van der Waals surface area contributed by atoms with Crippen LogP contribution in [0.4, 0.5) is 11.4 Å². The van der Waals surface area contributed by atoms with Gasteiger partial charge in [0.05, 0.1) is 24.0 Å². The van der Waals surface area contributed by atoms with E-state index in [1.54, 1.807) is 6.20 Å². The van der Waals surface area contributed by atoms with Crippen LogP contribution in [-0.4, -0.2) is 21.6 Å². The fourth-order valence-electron chi connectivity index (χ4n) is 3.48. The minimum absolute atomic E-state index is 0.0478. The number of benzene rings is 2. The Bertz CT molecular complexity index is 1070. The maximum absolute atomic E-state index is 13.0. The van der Waals surface area contributed by atoms with Gasteiger partial charge in [0, 0.05) is 17.3 Å². The van der Waals surface area contributed by atoms with E-state index >= 15 is 0 Å². The lowest BCUT2D eigenvalue weighted by Gasteiger charge is -2.12. The van der Waals surface area contributed by atoms with Crippen LogP contribution >= 0.6 is 0 Å². The number of amides is 2. The molecule has 1 fully saturated rings. The first kappa shape index (κ1) is 19.9. The van der Waals surface area contributed by atoms with Gasteiger partial charge in [-0.3, -0.25) is 14.3 Å². The number of carbonyl (C=O) groups excluding carboxylic acids is 2. The van der Waals surface area contributed by atoms with Crippen LogP contribution in [0, 0.1) is 12.8 Å². The monoisotopic (exact) mass is 402 g/mol. The summed E-state index contributed by atoms with van der Waals surface area (Å²) < 4.78 is 1.88. The van der Waals surface area contributed by atoms with Crippen molar-refractivity contribution in [2.75, 3.05) is 10.6 Å². The number of hydrogen-bond donors (Lipinski definition) is 2. The summed E-state index contributed by atoms with van der Waals surface area (Å²) >= 11 is 0. The van der Waals surface area contributed by atoms with Crippen molar-refractivity contribution in [1.29, 1.82) is 0 Å². The number of aromatic nitrogens is 2. The second kappa shape index (κ2) is 8.53. The molecule has 2 amide bonds. The zero-order chi connectivity index (χ0) is 21.1. The molecule has 6 nitrogen and oxygen atoms in total. The standard InChI is InChI=1S/C24H26N4O2/c1-3-22-20(14-25-28(22)15-17-7-5-4-6-8-17)24(30)27-21-13-19(12-9-16(21)2)26-23(29)18-10-11-18/h4-9,12-14,18H,3,10-11,15H2,1-2H3,(H,26,29)(H,27,30). The maximum atomic E-state index is 13.0. The predicted octanol–water partition coefficient (Wildman–Crippen LogP) is 4.40. The molecule has 30 heavy (non-hydrogen) atoms. The molecular weight excluding hydrogens is 376 g/mol. The zero-order valence-electron chi connectivity index (χ0n) is 17.3. The molecular formula is C24H26N4O2. The SMILES string of the molecule is CCc1c(C(=O)Nc2cc(NC(=O)C3CC3)ccc2C)cnn1Cc1ccccc1. The van der Waals surface area contributed by atoms with Crippen LogP contribution < -0.4 is 10.6 Å². The summed E-state index contributed by atoms with van der Waals surface area (Å²) in [6.45, 7) is 4.58. The summed E-state index contributed by atoms with van der Waals surface area (Å²) in [5.41, 5.74) is 4.92. The Morgan fingerprint density at radius 3 is 2.57 bits per heavy atom. The van der Waals surface area contributed by atoms with Gasteiger partial charge < -0.3 is 10.6 Å². The van der Waals surface area contributed by atoms with E-state index in [-0.39, 0.29) is 17.7 Å². The molecule has 1 aliphatic rings. The Morgan fingerprint density at radius 2 is 1.87 bits per heavy atom. The van der Waals surface area contributed by atoms with Crippen molar-refractivity contribution < 1.29 is 9.59 Å². The molecule has 1 heterocycles. The van der Waals surface area contributed by atoms with Crippen molar-refractivity contribution in [2.45, 2.75) is 39.7 Å². The molecule has 6 heteroatoms. The molecule has 0 atom stereocenters. The van der Waals surface area contributed by atoms with Gasteiger partial charge in [0.2, 0.25) is 5.91 Å². The van der Waals surface area contributed by atoms with Crippen LogP contribution in [0.1, 0.15) is 46.9 Å². The van der Waals surface area contributed by atoms with Gasteiger partial charge in [-0.2, -0.15) is 5.10 Å². The minimum atomic E-state index is -0.195. The number of rotatable bonds is 7. The second-order valence-corrected chi connectivity index (χ2v) is 7.75. The molecule has 3 aromatic rings. The molecule has 0 radical (unpaired) electrons. The summed E-state index contributed by atoms with van der Waals surface area (Å²) in [5.74, 6) is -0.0153. The highest BCUT2D eigenvalue weighted by molar-refractivity contribution is 6.06. The lowest BCUT2D eigenvalue weighted by atomic mass is 10.1. The fraction of sp³-hybridized carbons (Fsp3) is 0.292. The van der Waals surface area contributed by atoms with Crippen molar-refractivity contribution in [3.8, 4) is 0 Å². The van der Waals surface area contributed by atoms with Crippen LogP contribution in [0.25, 0.3) is 0 Å². The molecule has 154 valence electrons. The summed E-state index contributed by atoms with van der Waals surface area (Å²) in [5, 5.41) is 10.4. The van der Waals surface area contributed by atoms with Gasteiger partial charge in [0.25, 0.3) is 5.91 Å². The highest BCUT2D eigenvalue weighted by Crippen LogP contribution is 2.31. The third-order valence-corrected chi connectivity index (χ3v) is 5.40. The van der Waals surface area contributed by atoms with Gasteiger partial charge in [0.15, 0.2) is 0 Å². The first-order valence-electron chi connectivity index (χ1n) is 10.4. The first-order valence-corrected chi connectivity index (χ1v) is 10.4. The lowest BCUT2D eigenvalue weighted by Crippen LogP contribution is -2.17. The van der Waals surface area contributed by atoms with E-state index in [1.165, 1.54) is 0 Å². The number of nitrogens with one attached hydrogen (secondary N) is 2. The number of nitrogens with zero attached hydrogens (tertiary/aromatic N) is 2. The molecule has 2 N–H and O–H groups in total. The van der Waals surface area contributed by atoms with Gasteiger partial charge in [-0.25, -0.2) is 0 Å². The van der Waals surface area contributed by atoms with E-state index < -0.39 is 0 Å². The Hall–Kier alpha value is -3.41. The normalized spacial score (nSPS) is 13.1. The zero-order valence-corrected chi connectivity index (χ0v) is 17.3. The smallest absolute Gasteiger partial charge is 0.259 e. The van der Waals surface area contributed by atoms with Gasteiger partial charge in [0.1, 0.15) is 0 Å². The lowest BCUT2D eigenvalue weighted by molar-refractivity contribution is -0.117. The quantitative estimate of drug-likeness (QED) is 0.615. The van der Waals surface area contributed by atoms with Crippen molar-refractivity contribution in [3.05, 3.63) is 77.1 Å². The molecule has 2 aromatic carbocycles. The molecule has 0 saturated heterocycles. The highest BCUT2D eigenvalue weighted by atomic mass is 16.2. The van der Waals surface area contributed by atoms with E-state index in [0.29, 0.717) is 29.9 Å². The van der Waals surface area contributed by atoms with Crippen LogP contribution in [0.5, 0.6) is 0 Å². The summed E-state index contributed by atoms with van der Waals surface area (Å²) in [7, 11) is 0. The number of carbonyl (C=O) groups is 2. The topological polar surface area (TPSA) is 76.0 Å². The third-order valence-electron chi connectivity index (χ3n) is 5.40. The van der Waals surface area contributed by atoms with Crippen molar-refractivity contribution in [1.82, 2.24) is 9.78 Å². The third kappa shape index (κ3) is 4.43. The number of aryl methyl sites for hydroxylation is 1. The van der Waals surface area contributed by atoms with E-state index in [4.69, 9.17) is 0 Å². The van der Waals surface area contributed by atoms with Gasteiger partial charge in [-0.1, -0.05) is 43.3 Å². The molecule has 0 unspecified atom stereocenters. The highest BCUT2D eigenvalue weighted by Gasteiger charge is 2.29. The maximum Gasteiger partial charge on any atom is 0.259 e. The van der Waals surface area contributed by atoms with E-state index in [1.807, 2.05) is 67.1 Å². The Morgan fingerprint density at radius 1 is 1.10 bits per heavy atom. The van der Waals surface area contributed by atoms with Gasteiger partial charge >= 0.3 is 0 Å². The van der Waals surface area contributed by atoms with Crippen LogP contribution in [0.2, 0.25) is 0 Å². The Balaban J connectivity index is 1.51. The van der Waals surface area contributed by atoms with Gasteiger partial charge in [-0.15, -0.1) is 0 Å². The number of hydrogen-bond acceptors (Lipinski definition) is 3. The van der Waals surface area contributed by atoms with E-state index in [0.717, 1.165) is 29.7 Å². The van der Waals surface area contributed by atoms with Crippen LogP contribution in [-0.2, 0) is 17.8 Å². The molecule has 4 rings (SSSR count). The van der Waals surface area contributed by atoms with E-state index in [9.17, 15) is 9.59 Å². The molecule has 0 spiro atoms. The van der Waals surface area contributed by atoms with Crippen LogP contribution in [0.15, 0.2) is 54.7 Å². The minimum Gasteiger partial charge on any atom is -0.326 e. The van der Waals surface area contributed by atoms with Crippen molar-refractivity contribution in [3.63, 3.8) is 0 Å². The molecule has 0 aliphatic heterocycles. The van der Waals surface area contributed by atoms with Crippen molar-refractivity contribution >= 4 is 23.2 Å². The predicted molar refractivity (Wildman–Crippen MR) is 118 cm³/mol. The Labute approximate surface area is 176 Å². The fourth-order valence-corrected chi connectivity index (χ4v) is 3.48. The average Bonchev–Trinajstić information content (AvgIpc) is 3.52. The summed E-state index contributed by atoms with van der Waals surface area (Å²) in [6.07, 6.45) is 4.24. The Kier molecular flexibility index (Phi) is 5.65.